The van der Waals surface area contributed by atoms with E-state index in [2.05, 4.69) is 23.3 Å². The van der Waals surface area contributed by atoms with Gasteiger partial charge in [-0.2, -0.15) is 4.31 Å². The summed E-state index contributed by atoms with van der Waals surface area (Å²) in [6.45, 7) is 2.15. The molecule has 1 aliphatic heterocycles. The van der Waals surface area contributed by atoms with Crippen molar-refractivity contribution < 1.29 is 13.2 Å². The molecule has 0 saturated carbocycles. The van der Waals surface area contributed by atoms with Crippen LogP contribution in [0.3, 0.4) is 0 Å². The Morgan fingerprint density at radius 2 is 1.79 bits per heavy atom. The third-order valence-electron chi connectivity index (χ3n) is 4.79. The van der Waals surface area contributed by atoms with Gasteiger partial charge in [0.1, 0.15) is 5.75 Å². The molecule has 28 heavy (non-hydrogen) atoms. The maximum absolute atomic E-state index is 12.9. The number of aromatic nitrogens is 1. The zero-order valence-corrected chi connectivity index (χ0v) is 18.1. The highest BCUT2D eigenvalue weighted by Gasteiger charge is 2.29. The van der Waals surface area contributed by atoms with Crippen molar-refractivity contribution in [1.82, 2.24) is 9.29 Å². The van der Waals surface area contributed by atoms with Crippen LogP contribution in [0.25, 0.3) is 10.2 Å². The fourth-order valence-corrected chi connectivity index (χ4v) is 6.16. The lowest BCUT2D eigenvalue weighted by atomic mass is 10.3. The number of nitrogens with zero attached hydrogens (tertiary/aromatic N) is 3. The van der Waals surface area contributed by atoms with E-state index in [-0.39, 0.29) is 0 Å². The van der Waals surface area contributed by atoms with Crippen molar-refractivity contribution in [2.75, 3.05) is 44.4 Å². The third-order valence-corrected chi connectivity index (χ3v) is 8.51. The summed E-state index contributed by atoms with van der Waals surface area (Å²) in [6, 6.07) is 12.8. The number of ether oxygens (including phenoxy) is 1. The second-order valence-electron chi connectivity index (χ2n) is 6.40. The van der Waals surface area contributed by atoms with Gasteiger partial charge < -0.3 is 9.64 Å². The first kappa shape index (κ1) is 19.5. The van der Waals surface area contributed by atoms with E-state index < -0.39 is 10.0 Å². The number of methoxy groups -OCH3 is 1. The highest BCUT2D eigenvalue weighted by atomic mass is 32.2. The molecule has 9 heteroatoms. The van der Waals surface area contributed by atoms with Crippen molar-refractivity contribution in [2.24, 2.45) is 0 Å². The molecule has 2 heterocycles. The van der Waals surface area contributed by atoms with Gasteiger partial charge in [-0.15, -0.1) is 11.8 Å². The van der Waals surface area contributed by atoms with E-state index in [4.69, 9.17) is 9.72 Å². The lowest BCUT2D eigenvalue weighted by Gasteiger charge is -2.33. The number of rotatable bonds is 5. The minimum atomic E-state index is -3.49. The van der Waals surface area contributed by atoms with Gasteiger partial charge in [-0.3, -0.25) is 0 Å². The second kappa shape index (κ2) is 7.90. The molecular weight excluding hydrogens is 414 g/mol. The molecule has 6 nitrogen and oxygen atoms in total. The molecule has 1 saturated heterocycles. The zero-order valence-electron chi connectivity index (χ0n) is 15.7. The molecule has 0 amide bonds. The SMILES string of the molecule is COc1ccc(S(=O)(=O)N2CCN(c3nc4ccc(SC)cc4s3)CC2)cc1. The minimum Gasteiger partial charge on any atom is -0.497 e. The summed E-state index contributed by atoms with van der Waals surface area (Å²) in [4.78, 5) is 8.42. The molecule has 0 N–H and O–H groups in total. The van der Waals surface area contributed by atoms with Gasteiger partial charge in [0.2, 0.25) is 10.0 Å². The molecular formula is C19H21N3O3S3. The largest absolute Gasteiger partial charge is 0.497 e. The van der Waals surface area contributed by atoms with Crippen LogP contribution in [0.4, 0.5) is 5.13 Å². The Labute approximate surface area is 173 Å². The van der Waals surface area contributed by atoms with Crippen LogP contribution in [0.2, 0.25) is 0 Å². The van der Waals surface area contributed by atoms with Crippen molar-refractivity contribution in [2.45, 2.75) is 9.79 Å². The van der Waals surface area contributed by atoms with Gasteiger partial charge in [-0.05, 0) is 48.7 Å². The molecule has 148 valence electrons. The summed E-state index contributed by atoms with van der Waals surface area (Å²) < 4.78 is 33.6. The quantitative estimate of drug-likeness (QED) is 0.571. The number of anilines is 1. The van der Waals surface area contributed by atoms with E-state index in [0.717, 1.165) is 15.3 Å². The first-order valence-electron chi connectivity index (χ1n) is 8.85. The topological polar surface area (TPSA) is 62.7 Å². The molecule has 0 bridgehead atoms. The summed E-state index contributed by atoms with van der Waals surface area (Å²) >= 11 is 3.38. The maximum atomic E-state index is 12.9. The number of benzene rings is 2. The van der Waals surface area contributed by atoms with Crippen LogP contribution in [0, 0.1) is 0 Å². The van der Waals surface area contributed by atoms with E-state index in [1.165, 1.54) is 4.90 Å². The predicted octanol–water partition coefficient (Wildman–Crippen LogP) is 3.54. The molecule has 4 rings (SSSR count). The standard InChI is InChI=1S/C19H21N3O3S3/c1-25-14-3-6-16(7-4-14)28(23,24)22-11-9-21(10-12-22)19-20-17-8-5-15(26-2)13-18(17)27-19/h3-8,13H,9-12H2,1-2H3. The number of hydrogen-bond acceptors (Lipinski definition) is 7. The van der Waals surface area contributed by atoms with Crippen LogP contribution in [0.1, 0.15) is 0 Å². The van der Waals surface area contributed by atoms with Gasteiger partial charge in [-0.25, -0.2) is 13.4 Å². The van der Waals surface area contributed by atoms with Crippen LogP contribution in [-0.2, 0) is 10.0 Å². The maximum Gasteiger partial charge on any atom is 0.243 e. The molecule has 2 aromatic carbocycles. The summed E-state index contributed by atoms with van der Waals surface area (Å²) in [7, 11) is -1.93. The summed E-state index contributed by atoms with van der Waals surface area (Å²) in [6.07, 6.45) is 2.06. The van der Waals surface area contributed by atoms with Gasteiger partial charge in [0.25, 0.3) is 0 Å². The van der Waals surface area contributed by atoms with E-state index in [0.29, 0.717) is 36.8 Å². The first-order chi connectivity index (χ1) is 13.5. The number of thiazole rings is 1. The fraction of sp³-hybridized carbons (Fsp3) is 0.316. The predicted molar refractivity (Wildman–Crippen MR) is 115 cm³/mol. The van der Waals surface area contributed by atoms with E-state index in [1.54, 1.807) is 58.8 Å². The molecule has 1 aromatic heterocycles. The van der Waals surface area contributed by atoms with Crippen molar-refractivity contribution in [3.05, 3.63) is 42.5 Å². The molecule has 3 aromatic rings. The van der Waals surface area contributed by atoms with E-state index in [9.17, 15) is 8.42 Å². The number of piperazine rings is 1. The minimum absolute atomic E-state index is 0.298. The number of thioether (sulfide) groups is 1. The average molecular weight is 436 g/mol. The molecule has 0 aliphatic carbocycles. The Bertz CT molecular complexity index is 1070. The van der Waals surface area contributed by atoms with Crippen LogP contribution in [-0.4, -0.2) is 57.3 Å². The van der Waals surface area contributed by atoms with Gasteiger partial charge in [-0.1, -0.05) is 11.3 Å². The highest BCUT2D eigenvalue weighted by molar-refractivity contribution is 7.98. The van der Waals surface area contributed by atoms with E-state index in [1.807, 2.05) is 6.07 Å². The Morgan fingerprint density at radius 3 is 2.43 bits per heavy atom. The first-order valence-corrected chi connectivity index (χ1v) is 12.3. The molecule has 0 radical (unpaired) electrons. The Balaban J connectivity index is 1.48. The Morgan fingerprint density at radius 1 is 1.07 bits per heavy atom. The molecule has 0 unspecified atom stereocenters. The lowest BCUT2D eigenvalue weighted by Crippen LogP contribution is -2.48. The number of fused-ring (bicyclic) bond motifs is 1. The van der Waals surface area contributed by atoms with Gasteiger partial charge in [0.05, 0.1) is 22.2 Å². The van der Waals surface area contributed by atoms with Crippen LogP contribution in [0.15, 0.2) is 52.3 Å². The summed E-state index contributed by atoms with van der Waals surface area (Å²) in [5, 5.41) is 0.953. The normalized spacial score (nSPS) is 15.9. The number of hydrogen-bond donors (Lipinski definition) is 0. The highest BCUT2D eigenvalue weighted by Crippen LogP contribution is 2.32. The van der Waals surface area contributed by atoms with E-state index >= 15 is 0 Å². The van der Waals surface area contributed by atoms with Crippen LogP contribution >= 0.6 is 23.1 Å². The fourth-order valence-electron chi connectivity index (χ4n) is 3.17. The third kappa shape index (κ3) is 3.71. The van der Waals surface area contributed by atoms with Gasteiger partial charge in [0.15, 0.2) is 5.13 Å². The summed E-state index contributed by atoms with van der Waals surface area (Å²) in [5.41, 5.74) is 0.992. The molecule has 0 spiro atoms. The Kier molecular flexibility index (Phi) is 5.50. The number of sulfonamides is 1. The Hall–Kier alpha value is -1.81. The smallest absolute Gasteiger partial charge is 0.243 e. The van der Waals surface area contributed by atoms with Crippen molar-refractivity contribution in [1.29, 1.82) is 0 Å². The monoisotopic (exact) mass is 435 g/mol. The van der Waals surface area contributed by atoms with Crippen LogP contribution in [0.5, 0.6) is 5.75 Å². The molecule has 1 aliphatic rings. The average Bonchev–Trinajstić information content (AvgIpc) is 3.17. The van der Waals surface area contributed by atoms with Crippen LogP contribution < -0.4 is 9.64 Å². The molecule has 0 atom stereocenters. The molecule has 1 fully saturated rings. The summed E-state index contributed by atoms with van der Waals surface area (Å²) in [5.74, 6) is 0.643. The lowest BCUT2D eigenvalue weighted by molar-refractivity contribution is 0.384. The van der Waals surface area contributed by atoms with Gasteiger partial charge >= 0.3 is 0 Å². The van der Waals surface area contributed by atoms with Crippen molar-refractivity contribution in [3.63, 3.8) is 0 Å². The van der Waals surface area contributed by atoms with Gasteiger partial charge in [0, 0.05) is 31.1 Å². The van der Waals surface area contributed by atoms with Crippen molar-refractivity contribution >= 4 is 48.5 Å². The second-order valence-corrected chi connectivity index (χ2v) is 10.2. The zero-order chi connectivity index (χ0) is 19.7. The van der Waals surface area contributed by atoms with Crippen molar-refractivity contribution in [3.8, 4) is 5.75 Å².